The Balaban J connectivity index is 1.83. The van der Waals surface area contributed by atoms with E-state index >= 15 is 0 Å². The lowest BCUT2D eigenvalue weighted by molar-refractivity contribution is -0.126. The van der Waals surface area contributed by atoms with Crippen molar-refractivity contribution in [2.24, 2.45) is 0 Å². The highest BCUT2D eigenvalue weighted by Gasteiger charge is 2.17. The number of carbonyl (C=O) groups is 2. The van der Waals surface area contributed by atoms with Crippen molar-refractivity contribution < 1.29 is 9.59 Å². The molecule has 140 valence electrons. The van der Waals surface area contributed by atoms with Gasteiger partial charge in [-0.25, -0.2) is 0 Å². The average Bonchev–Trinajstić information content (AvgIpc) is 2.60. The smallest absolute Gasteiger partial charge is 0.266 e. The second kappa shape index (κ2) is 9.18. The van der Waals surface area contributed by atoms with Gasteiger partial charge in [-0.3, -0.25) is 14.4 Å². The number of H-pyrrole nitrogens is 1. The van der Waals surface area contributed by atoms with Crippen molar-refractivity contribution in [1.29, 1.82) is 5.26 Å². The van der Waals surface area contributed by atoms with E-state index in [-0.39, 0.29) is 36.4 Å². The summed E-state index contributed by atoms with van der Waals surface area (Å²) in [6.45, 7) is 3.44. The zero-order valence-electron chi connectivity index (χ0n) is 15.4. The molecule has 1 aromatic rings. The van der Waals surface area contributed by atoms with E-state index in [0.29, 0.717) is 17.7 Å². The van der Waals surface area contributed by atoms with Crippen LogP contribution in [-0.2, 0) is 16.0 Å². The number of nitriles is 1. The van der Waals surface area contributed by atoms with Crippen LogP contribution in [0, 0.1) is 25.2 Å². The first-order valence-corrected chi connectivity index (χ1v) is 9.11. The van der Waals surface area contributed by atoms with Crippen LogP contribution in [0.2, 0.25) is 0 Å². The van der Waals surface area contributed by atoms with Crippen molar-refractivity contribution in [1.82, 2.24) is 15.6 Å². The molecule has 0 spiro atoms. The fourth-order valence-electron chi connectivity index (χ4n) is 3.45. The van der Waals surface area contributed by atoms with Crippen molar-refractivity contribution >= 4 is 11.8 Å². The standard InChI is InChI=1S/C19H26N4O3/c1-12-15(13(2)22-19(26)16(12)10-20)8-9-17(24)21-11-18(25)23-14-6-4-3-5-7-14/h14H,3-9,11H2,1-2H3,(H,21,24)(H,22,26)(H,23,25). The second-order valence-corrected chi connectivity index (χ2v) is 6.85. The third-order valence-electron chi connectivity index (χ3n) is 4.94. The first-order valence-electron chi connectivity index (χ1n) is 9.11. The molecule has 1 aromatic heterocycles. The molecule has 1 heterocycles. The van der Waals surface area contributed by atoms with Crippen molar-refractivity contribution in [3.63, 3.8) is 0 Å². The molecular weight excluding hydrogens is 332 g/mol. The molecule has 0 radical (unpaired) electrons. The molecule has 0 unspecified atom stereocenters. The number of amides is 2. The molecule has 1 aliphatic rings. The van der Waals surface area contributed by atoms with E-state index in [2.05, 4.69) is 15.6 Å². The number of nitrogens with one attached hydrogen (secondary N) is 3. The van der Waals surface area contributed by atoms with Gasteiger partial charge in [-0.15, -0.1) is 0 Å². The van der Waals surface area contributed by atoms with Gasteiger partial charge in [0.1, 0.15) is 11.6 Å². The molecule has 7 heteroatoms. The van der Waals surface area contributed by atoms with Crippen LogP contribution in [0.25, 0.3) is 0 Å². The van der Waals surface area contributed by atoms with Gasteiger partial charge in [0.15, 0.2) is 0 Å². The molecule has 0 atom stereocenters. The summed E-state index contributed by atoms with van der Waals surface area (Å²) < 4.78 is 0. The van der Waals surface area contributed by atoms with Crippen LogP contribution in [0.1, 0.15) is 60.9 Å². The van der Waals surface area contributed by atoms with Crippen LogP contribution < -0.4 is 16.2 Å². The summed E-state index contributed by atoms with van der Waals surface area (Å²) in [5, 5.41) is 14.7. The molecular formula is C19H26N4O3. The third-order valence-corrected chi connectivity index (χ3v) is 4.94. The van der Waals surface area contributed by atoms with Crippen LogP contribution in [0.4, 0.5) is 0 Å². The van der Waals surface area contributed by atoms with E-state index in [1.165, 1.54) is 6.42 Å². The number of rotatable bonds is 6. The summed E-state index contributed by atoms with van der Waals surface area (Å²) >= 11 is 0. The Morgan fingerprint density at radius 1 is 1.19 bits per heavy atom. The average molecular weight is 358 g/mol. The Morgan fingerprint density at radius 2 is 1.88 bits per heavy atom. The number of hydrogen-bond acceptors (Lipinski definition) is 4. The third kappa shape index (κ3) is 5.19. The van der Waals surface area contributed by atoms with Gasteiger partial charge in [0.2, 0.25) is 11.8 Å². The first-order chi connectivity index (χ1) is 12.4. The minimum Gasteiger partial charge on any atom is -0.352 e. The number of nitrogens with zero attached hydrogens (tertiary/aromatic N) is 1. The molecule has 0 aliphatic heterocycles. The molecule has 0 saturated heterocycles. The molecule has 2 rings (SSSR count). The van der Waals surface area contributed by atoms with E-state index in [1.54, 1.807) is 13.8 Å². The number of pyridine rings is 1. The number of aryl methyl sites for hydroxylation is 1. The van der Waals surface area contributed by atoms with Crippen molar-refractivity contribution in [2.45, 2.75) is 64.8 Å². The van der Waals surface area contributed by atoms with Crippen molar-refractivity contribution in [3.8, 4) is 6.07 Å². The maximum atomic E-state index is 12.0. The van der Waals surface area contributed by atoms with Gasteiger partial charge in [-0.05, 0) is 44.2 Å². The topological polar surface area (TPSA) is 115 Å². The molecule has 1 saturated carbocycles. The molecule has 1 aliphatic carbocycles. The van der Waals surface area contributed by atoms with E-state index in [4.69, 9.17) is 5.26 Å². The van der Waals surface area contributed by atoms with Crippen LogP contribution in [-0.4, -0.2) is 29.4 Å². The number of aromatic nitrogens is 1. The minimum absolute atomic E-state index is 0.0254. The fraction of sp³-hybridized carbons (Fsp3) is 0.579. The summed E-state index contributed by atoms with van der Waals surface area (Å²) in [5.41, 5.74) is 1.74. The van der Waals surface area contributed by atoms with Crippen LogP contribution in [0.5, 0.6) is 0 Å². The highest BCUT2D eigenvalue weighted by molar-refractivity contribution is 5.84. The zero-order valence-corrected chi connectivity index (χ0v) is 15.4. The lowest BCUT2D eigenvalue weighted by Crippen LogP contribution is -2.42. The van der Waals surface area contributed by atoms with Crippen LogP contribution in [0.3, 0.4) is 0 Å². The van der Waals surface area contributed by atoms with Gasteiger partial charge < -0.3 is 15.6 Å². The Labute approximate surface area is 153 Å². The summed E-state index contributed by atoms with van der Waals surface area (Å²) in [4.78, 5) is 38.3. The zero-order chi connectivity index (χ0) is 19.1. The molecule has 1 fully saturated rings. The lowest BCUT2D eigenvalue weighted by Gasteiger charge is -2.22. The highest BCUT2D eigenvalue weighted by atomic mass is 16.2. The predicted molar refractivity (Wildman–Crippen MR) is 97.6 cm³/mol. The van der Waals surface area contributed by atoms with Gasteiger partial charge in [-0.1, -0.05) is 19.3 Å². The number of carbonyl (C=O) groups excluding carboxylic acids is 2. The molecule has 7 nitrogen and oxygen atoms in total. The summed E-state index contributed by atoms with van der Waals surface area (Å²) in [6.07, 6.45) is 6.10. The van der Waals surface area contributed by atoms with E-state index in [1.807, 2.05) is 6.07 Å². The number of hydrogen-bond donors (Lipinski definition) is 3. The van der Waals surface area contributed by atoms with Gasteiger partial charge in [-0.2, -0.15) is 5.26 Å². The highest BCUT2D eigenvalue weighted by Crippen LogP contribution is 2.17. The van der Waals surface area contributed by atoms with E-state index < -0.39 is 5.56 Å². The quantitative estimate of drug-likeness (QED) is 0.712. The van der Waals surface area contributed by atoms with E-state index in [9.17, 15) is 14.4 Å². The molecule has 0 aromatic carbocycles. The SMILES string of the molecule is Cc1[nH]c(=O)c(C#N)c(C)c1CCC(=O)NCC(=O)NC1CCCCC1. The Bertz CT molecular complexity index is 770. The van der Waals surface area contributed by atoms with Crippen molar-refractivity contribution in [3.05, 3.63) is 32.7 Å². The van der Waals surface area contributed by atoms with Crippen LogP contribution in [0.15, 0.2) is 4.79 Å². The summed E-state index contributed by atoms with van der Waals surface area (Å²) in [6, 6.07) is 2.13. The normalized spacial score (nSPS) is 14.5. The molecule has 0 bridgehead atoms. The molecule has 3 N–H and O–H groups in total. The first kappa shape index (κ1) is 19.7. The Hall–Kier alpha value is -2.62. The van der Waals surface area contributed by atoms with Gasteiger partial charge >= 0.3 is 0 Å². The van der Waals surface area contributed by atoms with Gasteiger partial charge in [0, 0.05) is 18.2 Å². The molecule has 2 amide bonds. The second-order valence-electron chi connectivity index (χ2n) is 6.85. The van der Waals surface area contributed by atoms with E-state index in [0.717, 1.165) is 31.2 Å². The fourth-order valence-corrected chi connectivity index (χ4v) is 3.45. The monoisotopic (exact) mass is 358 g/mol. The molecule has 26 heavy (non-hydrogen) atoms. The Kier molecular flexibility index (Phi) is 6.96. The lowest BCUT2D eigenvalue weighted by atomic mass is 9.95. The largest absolute Gasteiger partial charge is 0.352 e. The summed E-state index contributed by atoms with van der Waals surface area (Å²) in [5.74, 6) is -0.388. The van der Waals surface area contributed by atoms with Crippen molar-refractivity contribution in [2.75, 3.05) is 6.54 Å². The van der Waals surface area contributed by atoms with Gasteiger partial charge in [0.25, 0.3) is 5.56 Å². The predicted octanol–water partition coefficient (Wildman–Crippen LogP) is 1.36. The maximum Gasteiger partial charge on any atom is 0.266 e. The minimum atomic E-state index is -0.407. The summed E-state index contributed by atoms with van der Waals surface area (Å²) in [7, 11) is 0. The van der Waals surface area contributed by atoms with Crippen LogP contribution >= 0.6 is 0 Å². The maximum absolute atomic E-state index is 12.0. The van der Waals surface area contributed by atoms with Gasteiger partial charge in [0.05, 0.1) is 6.54 Å². The Morgan fingerprint density at radius 3 is 2.54 bits per heavy atom. The number of aromatic amines is 1.